The molecule has 1 aliphatic heterocycles. The van der Waals surface area contributed by atoms with Crippen LogP contribution in [0.15, 0.2) is 23.1 Å². The Bertz CT molecular complexity index is 549. The Morgan fingerprint density at radius 3 is 2.33 bits per heavy atom. The SMILES string of the molecule is CC1CN(S(=O)(=O)c2ccc(Cl)c(N)c2)CC1C. The minimum absolute atomic E-state index is 0.214. The number of rotatable bonds is 2. The summed E-state index contributed by atoms with van der Waals surface area (Å²) in [4.78, 5) is 0.214. The molecule has 0 bridgehead atoms. The second-order valence-electron chi connectivity index (χ2n) is 4.96. The van der Waals surface area contributed by atoms with Crippen molar-refractivity contribution in [3.63, 3.8) is 0 Å². The average molecular weight is 289 g/mol. The van der Waals surface area contributed by atoms with E-state index in [1.807, 2.05) is 0 Å². The molecule has 0 amide bonds. The molecule has 2 unspecified atom stereocenters. The number of hydrogen-bond donors (Lipinski definition) is 1. The van der Waals surface area contributed by atoms with Gasteiger partial charge in [0.1, 0.15) is 0 Å². The number of anilines is 1. The van der Waals surface area contributed by atoms with Gasteiger partial charge in [-0.3, -0.25) is 0 Å². The van der Waals surface area contributed by atoms with E-state index in [1.54, 1.807) is 0 Å². The monoisotopic (exact) mass is 288 g/mol. The fourth-order valence-corrected chi connectivity index (χ4v) is 3.90. The molecule has 4 nitrogen and oxygen atoms in total. The molecule has 6 heteroatoms. The predicted octanol–water partition coefficient (Wildman–Crippen LogP) is 2.20. The Kier molecular flexibility index (Phi) is 3.58. The van der Waals surface area contributed by atoms with Crippen molar-refractivity contribution in [1.29, 1.82) is 0 Å². The van der Waals surface area contributed by atoms with Crippen molar-refractivity contribution in [2.45, 2.75) is 18.7 Å². The lowest BCUT2D eigenvalue weighted by molar-refractivity contribution is 0.463. The van der Waals surface area contributed by atoms with Gasteiger partial charge < -0.3 is 5.73 Å². The predicted molar refractivity (Wildman–Crippen MR) is 73.0 cm³/mol. The molecule has 1 saturated heterocycles. The summed E-state index contributed by atoms with van der Waals surface area (Å²) in [6, 6.07) is 4.44. The maximum atomic E-state index is 12.4. The first-order valence-electron chi connectivity index (χ1n) is 5.87. The highest BCUT2D eigenvalue weighted by atomic mass is 35.5. The first-order chi connectivity index (χ1) is 8.32. The lowest BCUT2D eigenvalue weighted by Gasteiger charge is -2.16. The molecule has 0 aromatic heterocycles. The summed E-state index contributed by atoms with van der Waals surface area (Å²) >= 11 is 5.80. The molecule has 18 heavy (non-hydrogen) atoms. The highest BCUT2D eigenvalue weighted by molar-refractivity contribution is 7.89. The maximum Gasteiger partial charge on any atom is 0.243 e. The second-order valence-corrected chi connectivity index (χ2v) is 7.31. The van der Waals surface area contributed by atoms with Crippen LogP contribution in [0.25, 0.3) is 0 Å². The number of halogens is 1. The number of nitrogens with zero attached hydrogens (tertiary/aromatic N) is 1. The Hall–Kier alpha value is -0.780. The topological polar surface area (TPSA) is 63.4 Å². The van der Waals surface area contributed by atoms with Gasteiger partial charge in [0.15, 0.2) is 0 Å². The van der Waals surface area contributed by atoms with E-state index in [0.717, 1.165) is 0 Å². The van der Waals surface area contributed by atoms with Gasteiger partial charge in [0.05, 0.1) is 15.6 Å². The number of nitrogens with two attached hydrogens (primary N) is 1. The van der Waals surface area contributed by atoms with Crippen LogP contribution in [-0.2, 0) is 10.0 Å². The molecule has 1 aromatic carbocycles. The van der Waals surface area contributed by atoms with Gasteiger partial charge in [-0.1, -0.05) is 25.4 Å². The van der Waals surface area contributed by atoms with E-state index in [1.165, 1.54) is 22.5 Å². The summed E-state index contributed by atoms with van der Waals surface area (Å²) in [5.41, 5.74) is 5.95. The van der Waals surface area contributed by atoms with E-state index < -0.39 is 10.0 Å². The summed E-state index contributed by atoms with van der Waals surface area (Å²) in [5, 5.41) is 0.372. The summed E-state index contributed by atoms with van der Waals surface area (Å²) in [5.74, 6) is 0.758. The van der Waals surface area contributed by atoms with Gasteiger partial charge in [0.2, 0.25) is 10.0 Å². The summed E-state index contributed by atoms with van der Waals surface area (Å²) < 4.78 is 26.4. The Morgan fingerprint density at radius 1 is 1.28 bits per heavy atom. The van der Waals surface area contributed by atoms with Crippen LogP contribution in [0.1, 0.15) is 13.8 Å². The maximum absolute atomic E-state index is 12.4. The van der Waals surface area contributed by atoms with E-state index in [9.17, 15) is 8.42 Å². The standard InChI is InChI=1S/C12H17ClN2O2S/c1-8-6-15(7-9(8)2)18(16,17)10-3-4-11(13)12(14)5-10/h3-5,8-9H,6-7,14H2,1-2H3. The lowest BCUT2D eigenvalue weighted by atomic mass is 10.0. The third-order valence-electron chi connectivity index (χ3n) is 3.56. The van der Waals surface area contributed by atoms with Crippen LogP contribution in [-0.4, -0.2) is 25.8 Å². The lowest BCUT2D eigenvalue weighted by Crippen LogP contribution is -2.29. The van der Waals surface area contributed by atoms with Crippen LogP contribution in [0.3, 0.4) is 0 Å². The zero-order chi connectivity index (χ0) is 13.5. The number of benzene rings is 1. The number of nitrogen functional groups attached to an aromatic ring is 1. The van der Waals surface area contributed by atoms with Crippen molar-refractivity contribution in [1.82, 2.24) is 4.31 Å². The van der Waals surface area contributed by atoms with Crippen molar-refractivity contribution in [3.8, 4) is 0 Å². The molecule has 0 aliphatic carbocycles. The molecule has 1 heterocycles. The molecule has 2 rings (SSSR count). The van der Waals surface area contributed by atoms with E-state index in [4.69, 9.17) is 17.3 Å². The van der Waals surface area contributed by atoms with E-state index in [-0.39, 0.29) is 10.6 Å². The van der Waals surface area contributed by atoms with E-state index in [2.05, 4.69) is 13.8 Å². The van der Waals surface area contributed by atoms with Gasteiger partial charge >= 0.3 is 0 Å². The minimum atomic E-state index is -3.45. The highest BCUT2D eigenvalue weighted by Crippen LogP contribution is 2.30. The summed E-state index contributed by atoms with van der Waals surface area (Å²) in [7, 11) is -3.45. The minimum Gasteiger partial charge on any atom is -0.397 e. The normalized spacial score (nSPS) is 25.5. The van der Waals surface area contributed by atoms with Gasteiger partial charge in [-0.05, 0) is 30.0 Å². The molecule has 2 N–H and O–H groups in total. The smallest absolute Gasteiger partial charge is 0.243 e. The number of sulfonamides is 1. The van der Waals surface area contributed by atoms with Crippen LogP contribution in [0.2, 0.25) is 5.02 Å². The van der Waals surface area contributed by atoms with Gasteiger partial charge in [-0.2, -0.15) is 4.31 Å². The van der Waals surface area contributed by atoms with Crippen molar-refractivity contribution >= 4 is 27.3 Å². The summed E-state index contributed by atoms with van der Waals surface area (Å²) in [6.07, 6.45) is 0. The van der Waals surface area contributed by atoms with Crippen molar-refractivity contribution in [2.24, 2.45) is 11.8 Å². The third-order valence-corrected chi connectivity index (χ3v) is 5.73. The van der Waals surface area contributed by atoms with Gasteiger partial charge in [0.25, 0.3) is 0 Å². The molecule has 1 fully saturated rings. The quantitative estimate of drug-likeness (QED) is 0.849. The van der Waals surface area contributed by atoms with E-state index in [0.29, 0.717) is 29.9 Å². The molecule has 2 atom stereocenters. The van der Waals surface area contributed by atoms with Crippen LogP contribution in [0.5, 0.6) is 0 Å². The fraction of sp³-hybridized carbons (Fsp3) is 0.500. The molecular weight excluding hydrogens is 272 g/mol. The molecule has 0 radical (unpaired) electrons. The zero-order valence-electron chi connectivity index (χ0n) is 10.4. The van der Waals surface area contributed by atoms with E-state index >= 15 is 0 Å². The van der Waals surface area contributed by atoms with Gasteiger partial charge in [0, 0.05) is 13.1 Å². The Morgan fingerprint density at radius 2 is 1.83 bits per heavy atom. The van der Waals surface area contributed by atoms with Crippen molar-refractivity contribution in [3.05, 3.63) is 23.2 Å². The second kappa shape index (κ2) is 4.72. The number of hydrogen-bond acceptors (Lipinski definition) is 3. The molecule has 0 spiro atoms. The van der Waals surface area contributed by atoms with Crippen LogP contribution >= 0.6 is 11.6 Å². The molecule has 1 aromatic rings. The molecule has 0 saturated carbocycles. The third kappa shape index (κ3) is 2.35. The largest absolute Gasteiger partial charge is 0.397 e. The fourth-order valence-electron chi connectivity index (χ4n) is 2.10. The summed E-state index contributed by atoms with van der Waals surface area (Å²) in [6.45, 7) is 5.25. The van der Waals surface area contributed by atoms with Crippen LogP contribution < -0.4 is 5.73 Å². The van der Waals surface area contributed by atoms with Crippen molar-refractivity contribution in [2.75, 3.05) is 18.8 Å². The Balaban J connectivity index is 2.34. The zero-order valence-corrected chi connectivity index (χ0v) is 12.0. The highest BCUT2D eigenvalue weighted by Gasteiger charge is 2.34. The first-order valence-corrected chi connectivity index (χ1v) is 7.69. The van der Waals surface area contributed by atoms with Gasteiger partial charge in [-0.25, -0.2) is 8.42 Å². The first kappa shape index (κ1) is 13.6. The molecule has 100 valence electrons. The van der Waals surface area contributed by atoms with Gasteiger partial charge in [-0.15, -0.1) is 0 Å². The molecular formula is C12H17ClN2O2S. The molecule has 1 aliphatic rings. The van der Waals surface area contributed by atoms with Crippen LogP contribution in [0, 0.1) is 11.8 Å². The average Bonchev–Trinajstić information content (AvgIpc) is 2.64. The Labute approximate surface area is 113 Å². The van der Waals surface area contributed by atoms with Crippen LogP contribution in [0.4, 0.5) is 5.69 Å². The van der Waals surface area contributed by atoms with Crippen molar-refractivity contribution < 1.29 is 8.42 Å².